The zero-order valence-corrected chi connectivity index (χ0v) is 12.6. The number of nitrogens with one attached hydrogen (secondary N) is 1. The molecule has 0 aliphatic carbocycles. The lowest BCUT2D eigenvalue weighted by Crippen LogP contribution is -2.28. The van der Waals surface area contributed by atoms with E-state index < -0.39 is 0 Å². The van der Waals surface area contributed by atoms with Crippen LogP contribution in [0.15, 0.2) is 59.1 Å². The molecule has 24 heavy (non-hydrogen) atoms. The maximum absolute atomic E-state index is 12.9. The van der Waals surface area contributed by atoms with Crippen LogP contribution in [-0.4, -0.2) is 22.7 Å². The lowest BCUT2D eigenvalue weighted by Gasteiger charge is -2.05. The highest BCUT2D eigenvalue weighted by Gasteiger charge is 2.10. The van der Waals surface area contributed by atoms with Crippen molar-refractivity contribution in [2.75, 3.05) is 6.61 Å². The van der Waals surface area contributed by atoms with E-state index in [2.05, 4.69) is 15.5 Å². The maximum Gasteiger partial charge on any atom is 0.258 e. The van der Waals surface area contributed by atoms with Crippen molar-refractivity contribution in [3.05, 3.63) is 66.2 Å². The molecule has 0 aliphatic heterocycles. The number of carbonyl (C=O) groups is 1. The zero-order chi connectivity index (χ0) is 16.8. The number of ether oxygens (including phenoxy) is 1. The summed E-state index contributed by atoms with van der Waals surface area (Å²) in [5.74, 6) is 0.559. The van der Waals surface area contributed by atoms with Crippen molar-refractivity contribution in [2.24, 2.45) is 0 Å². The smallest absolute Gasteiger partial charge is 0.258 e. The van der Waals surface area contributed by atoms with Crippen LogP contribution in [0, 0.1) is 5.82 Å². The quantitative estimate of drug-likeness (QED) is 0.753. The third kappa shape index (κ3) is 4.16. The summed E-state index contributed by atoms with van der Waals surface area (Å²) in [6.07, 6.45) is 0. The predicted molar refractivity (Wildman–Crippen MR) is 83.5 cm³/mol. The van der Waals surface area contributed by atoms with Crippen LogP contribution in [0.1, 0.15) is 5.82 Å². The second-order valence-corrected chi connectivity index (χ2v) is 4.90. The molecule has 0 radical (unpaired) electrons. The van der Waals surface area contributed by atoms with Crippen LogP contribution in [0.2, 0.25) is 0 Å². The predicted octanol–water partition coefficient (Wildman–Crippen LogP) is 2.57. The molecule has 0 saturated heterocycles. The number of nitrogens with zero attached hydrogens (tertiary/aromatic N) is 2. The van der Waals surface area contributed by atoms with E-state index in [1.165, 1.54) is 12.1 Å². The number of para-hydroxylation sites is 1. The van der Waals surface area contributed by atoms with Gasteiger partial charge in [-0.15, -0.1) is 0 Å². The Morgan fingerprint density at radius 3 is 2.62 bits per heavy atom. The normalized spacial score (nSPS) is 10.4. The Labute approximate surface area is 137 Å². The number of rotatable bonds is 6. The topological polar surface area (TPSA) is 77.2 Å². The minimum Gasteiger partial charge on any atom is -0.484 e. The van der Waals surface area contributed by atoms with Crippen LogP contribution in [0.5, 0.6) is 5.75 Å². The number of halogens is 1. The van der Waals surface area contributed by atoms with Gasteiger partial charge in [0.2, 0.25) is 0 Å². The molecule has 0 fully saturated rings. The number of benzene rings is 2. The molecule has 1 amide bonds. The Bertz CT molecular complexity index is 803. The van der Waals surface area contributed by atoms with Crippen molar-refractivity contribution in [2.45, 2.75) is 6.54 Å². The van der Waals surface area contributed by atoms with E-state index in [0.29, 0.717) is 17.1 Å². The molecule has 1 heterocycles. The summed E-state index contributed by atoms with van der Waals surface area (Å²) in [6.45, 7) is 0.00830. The molecule has 0 unspecified atom stereocenters. The molecule has 3 rings (SSSR count). The Morgan fingerprint density at radius 1 is 1.12 bits per heavy atom. The number of aromatic nitrogens is 2. The van der Waals surface area contributed by atoms with Crippen molar-refractivity contribution in [1.29, 1.82) is 0 Å². The monoisotopic (exact) mass is 327 g/mol. The van der Waals surface area contributed by atoms with Crippen LogP contribution in [0.4, 0.5) is 4.39 Å². The summed E-state index contributed by atoms with van der Waals surface area (Å²) >= 11 is 0. The Balaban J connectivity index is 1.50. The number of amides is 1. The molecule has 3 aromatic rings. The zero-order valence-electron chi connectivity index (χ0n) is 12.6. The van der Waals surface area contributed by atoms with E-state index in [1.807, 2.05) is 18.2 Å². The van der Waals surface area contributed by atoms with Gasteiger partial charge in [-0.3, -0.25) is 4.79 Å². The first kappa shape index (κ1) is 15.7. The molecular weight excluding hydrogens is 313 g/mol. The molecule has 122 valence electrons. The number of hydrogen-bond donors (Lipinski definition) is 1. The van der Waals surface area contributed by atoms with E-state index in [0.717, 1.165) is 0 Å². The molecule has 0 bridgehead atoms. The second kappa shape index (κ2) is 7.36. The molecular formula is C17H14FN3O3. The third-order valence-corrected chi connectivity index (χ3v) is 3.12. The third-order valence-electron chi connectivity index (χ3n) is 3.12. The summed E-state index contributed by atoms with van der Waals surface area (Å²) < 4.78 is 23.3. The van der Waals surface area contributed by atoms with Gasteiger partial charge in [0, 0.05) is 5.56 Å². The summed E-state index contributed by atoms with van der Waals surface area (Å²) in [4.78, 5) is 15.9. The summed E-state index contributed by atoms with van der Waals surface area (Å²) in [5.41, 5.74) is 0.605. The van der Waals surface area contributed by atoms with Crippen molar-refractivity contribution in [1.82, 2.24) is 15.5 Å². The standard InChI is InChI=1S/C17H14FN3O3/c18-13-8-6-12(7-9-13)17-20-15(21-24-17)10-19-16(22)11-23-14-4-2-1-3-5-14/h1-9H,10-11H2,(H,19,22). The van der Waals surface area contributed by atoms with E-state index in [-0.39, 0.29) is 30.8 Å². The Morgan fingerprint density at radius 2 is 1.88 bits per heavy atom. The van der Waals surface area contributed by atoms with E-state index >= 15 is 0 Å². The fourth-order valence-electron chi connectivity index (χ4n) is 1.93. The largest absolute Gasteiger partial charge is 0.484 e. The number of carbonyl (C=O) groups excluding carboxylic acids is 1. The second-order valence-electron chi connectivity index (χ2n) is 4.90. The molecule has 1 aromatic heterocycles. The maximum atomic E-state index is 12.9. The molecule has 6 nitrogen and oxygen atoms in total. The first-order chi connectivity index (χ1) is 11.7. The van der Waals surface area contributed by atoms with Gasteiger partial charge in [0.05, 0.1) is 6.54 Å². The minimum absolute atomic E-state index is 0.104. The van der Waals surface area contributed by atoms with Gasteiger partial charge in [-0.05, 0) is 36.4 Å². The van der Waals surface area contributed by atoms with Crippen molar-refractivity contribution < 1.29 is 18.4 Å². The van der Waals surface area contributed by atoms with E-state index in [4.69, 9.17) is 9.26 Å². The van der Waals surface area contributed by atoms with Crippen LogP contribution >= 0.6 is 0 Å². The average molecular weight is 327 g/mol. The highest BCUT2D eigenvalue weighted by molar-refractivity contribution is 5.77. The van der Waals surface area contributed by atoms with Gasteiger partial charge in [-0.25, -0.2) is 4.39 Å². The summed E-state index contributed by atoms with van der Waals surface area (Å²) in [5, 5.41) is 6.40. The fourth-order valence-corrected chi connectivity index (χ4v) is 1.93. The van der Waals surface area contributed by atoms with Gasteiger partial charge >= 0.3 is 0 Å². The molecule has 2 aromatic carbocycles. The SMILES string of the molecule is O=C(COc1ccccc1)NCc1noc(-c2ccc(F)cc2)n1. The first-order valence-corrected chi connectivity index (χ1v) is 7.24. The van der Waals surface area contributed by atoms with Gasteiger partial charge in [0.15, 0.2) is 12.4 Å². The molecule has 1 N–H and O–H groups in total. The first-order valence-electron chi connectivity index (χ1n) is 7.24. The summed E-state index contributed by atoms with van der Waals surface area (Å²) in [7, 11) is 0. The Hall–Kier alpha value is -3.22. The number of hydrogen-bond acceptors (Lipinski definition) is 5. The molecule has 0 atom stereocenters. The van der Waals surface area contributed by atoms with Gasteiger partial charge < -0.3 is 14.6 Å². The van der Waals surface area contributed by atoms with Crippen LogP contribution in [0.3, 0.4) is 0 Å². The lowest BCUT2D eigenvalue weighted by atomic mass is 10.2. The molecule has 0 spiro atoms. The van der Waals surface area contributed by atoms with Crippen LogP contribution in [-0.2, 0) is 11.3 Å². The summed E-state index contributed by atoms with van der Waals surface area (Å²) in [6, 6.07) is 14.7. The van der Waals surface area contributed by atoms with Gasteiger partial charge in [-0.1, -0.05) is 23.4 Å². The molecule has 0 saturated carbocycles. The van der Waals surface area contributed by atoms with Crippen molar-refractivity contribution in [3.63, 3.8) is 0 Å². The van der Waals surface area contributed by atoms with E-state index in [9.17, 15) is 9.18 Å². The molecule has 0 aliphatic rings. The van der Waals surface area contributed by atoms with E-state index in [1.54, 1.807) is 24.3 Å². The van der Waals surface area contributed by atoms with Crippen molar-refractivity contribution in [3.8, 4) is 17.2 Å². The van der Waals surface area contributed by atoms with Crippen LogP contribution < -0.4 is 10.1 Å². The fraction of sp³-hybridized carbons (Fsp3) is 0.118. The van der Waals surface area contributed by atoms with Gasteiger partial charge in [0.1, 0.15) is 11.6 Å². The lowest BCUT2D eigenvalue weighted by molar-refractivity contribution is -0.123. The highest BCUT2D eigenvalue weighted by atomic mass is 19.1. The molecule has 7 heteroatoms. The van der Waals surface area contributed by atoms with Gasteiger partial charge in [0.25, 0.3) is 11.8 Å². The average Bonchev–Trinajstić information content (AvgIpc) is 3.09. The van der Waals surface area contributed by atoms with Crippen LogP contribution in [0.25, 0.3) is 11.5 Å². The Kier molecular flexibility index (Phi) is 4.81. The highest BCUT2D eigenvalue weighted by Crippen LogP contribution is 2.17. The van der Waals surface area contributed by atoms with Crippen molar-refractivity contribution >= 4 is 5.91 Å². The van der Waals surface area contributed by atoms with Gasteiger partial charge in [-0.2, -0.15) is 4.98 Å². The minimum atomic E-state index is -0.343.